The maximum absolute atomic E-state index is 3.08. The van der Waals surface area contributed by atoms with Gasteiger partial charge in [-0.25, -0.2) is 0 Å². The lowest BCUT2D eigenvalue weighted by atomic mass is 10.2. The van der Waals surface area contributed by atoms with Crippen LogP contribution >= 0.6 is 0 Å². The third-order valence-corrected chi connectivity index (χ3v) is 2.74. The van der Waals surface area contributed by atoms with Crippen LogP contribution < -0.4 is 5.19 Å². The normalized spacial score (nSPS) is 9.00. The average Bonchev–Trinajstić information content (AvgIpc) is 2.25. The maximum Gasteiger partial charge on any atom is 0.187 e. The van der Waals surface area contributed by atoms with E-state index in [1.165, 1.54) is 10.8 Å². The summed E-state index contributed by atoms with van der Waals surface area (Å²) in [6.45, 7) is 2.85. The van der Waals surface area contributed by atoms with E-state index < -0.39 is 0 Å². The molecule has 0 aromatic heterocycles. The van der Waals surface area contributed by atoms with Crippen molar-refractivity contribution in [3.63, 3.8) is 0 Å². The molecule has 0 aliphatic carbocycles. The standard InChI is InChI=1S/C14H15NSi/c1-13-7-9-14(10-8-13)16-12-6-4-5-11-15(2)3/h7-10H,11H2,1-3H3. The molecule has 0 amide bonds. The SMILES string of the molecule is Cc1ccc([Si]C#CC#CCN(C)C)cc1. The highest BCUT2D eigenvalue weighted by Crippen LogP contribution is 1.91. The summed E-state index contributed by atoms with van der Waals surface area (Å²) in [6, 6.07) is 8.47. The predicted molar refractivity (Wildman–Crippen MR) is 70.7 cm³/mol. The molecule has 16 heavy (non-hydrogen) atoms. The molecule has 80 valence electrons. The highest BCUT2D eigenvalue weighted by atomic mass is 28.2. The smallest absolute Gasteiger partial charge is 0.187 e. The zero-order chi connectivity index (χ0) is 11.8. The van der Waals surface area contributed by atoms with Crippen molar-refractivity contribution in [3.05, 3.63) is 29.8 Å². The summed E-state index contributed by atoms with van der Waals surface area (Å²) in [6.07, 6.45) is 0. The highest BCUT2D eigenvalue weighted by Gasteiger charge is 1.89. The molecule has 0 spiro atoms. The first-order valence-electron chi connectivity index (χ1n) is 5.14. The van der Waals surface area contributed by atoms with Crippen LogP contribution in [-0.4, -0.2) is 35.1 Å². The molecular formula is C14H15NSi. The molecule has 0 aliphatic heterocycles. The van der Waals surface area contributed by atoms with Crippen LogP contribution in [0.15, 0.2) is 24.3 Å². The fraction of sp³-hybridized carbons (Fsp3) is 0.286. The molecule has 0 fully saturated rings. The van der Waals surface area contributed by atoms with E-state index in [1.54, 1.807) is 0 Å². The molecule has 0 atom stereocenters. The van der Waals surface area contributed by atoms with Crippen molar-refractivity contribution in [1.82, 2.24) is 4.90 Å². The number of rotatable bonds is 2. The van der Waals surface area contributed by atoms with Crippen molar-refractivity contribution in [2.75, 3.05) is 20.6 Å². The summed E-state index contributed by atoms with van der Waals surface area (Å²) in [4.78, 5) is 2.02. The second-order valence-electron chi connectivity index (χ2n) is 3.78. The van der Waals surface area contributed by atoms with E-state index in [2.05, 4.69) is 54.5 Å². The Hall–Kier alpha value is -1.48. The van der Waals surface area contributed by atoms with Gasteiger partial charge >= 0.3 is 0 Å². The number of aryl methyl sites for hydroxylation is 1. The van der Waals surface area contributed by atoms with E-state index in [0.29, 0.717) is 9.52 Å². The summed E-state index contributed by atoms with van der Waals surface area (Å²) in [5.74, 6) is 8.72. The maximum atomic E-state index is 3.08. The Morgan fingerprint density at radius 3 is 2.44 bits per heavy atom. The molecule has 1 nitrogen and oxygen atoms in total. The van der Waals surface area contributed by atoms with E-state index >= 15 is 0 Å². The van der Waals surface area contributed by atoms with Gasteiger partial charge in [0.15, 0.2) is 9.52 Å². The minimum atomic E-state index is 0.529. The first-order valence-corrected chi connectivity index (χ1v) is 6.14. The third-order valence-electron chi connectivity index (χ3n) is 1.87. The van der Waals surface area contributed by atoms with Crippen molar-refractivity contribution in [3.8, 4) is 23.3 Å². The van der Waals surface area contributed by atoms with Gasteiger partial charge in [0.2, 0.25) is 0 Å². The lowest BCUT2D eigenvalue weighted by Crippen LogP contribution is -2.11. The quantitative estimate of drug-likeness (QED) is 0.533. The molecule has 0 unspecified atom stereocenters. The monoisotopic (exact) mass is 225 g/mol. The fourth-order valence-electron chi connectivity index (χ4n) is 1.01. The minimum absolute atomic E-state index is 0.529. The van der Waals surface area contributed by atoms with Gasteiger partial charge in [0.25, 0.3) is 0 Å². The van der Waals surface area contributed by atoms with Crippen molar-refractivity contribution in [1.29, 1.82) is 0 Å². The molecule has 2 radical (unpaired) electrons. The van der Waals surface area contributed by atoms with Crippen LogP contribution in [-0.2, 0) is 0 Å². The molecule has 0 heterocycles. The summed E-state index contributed by atoms with van der Waals surface area (Å²) in [5, 5.41) is 1.27. The van der Waals surface area contributed by atoms with Crippen molar-refractivity contribution in [2.45, 2.75) is 6.92 Å². The van der Waals surface area contributed by atoms with Crippen LogP contribution in [0.25, 0.3) is 0 Å². The van der Waals surface area contributed by atoms with E-state index in [1.807, 2.05) is 19.0 Å². The minimum Gasteiger partial charge on any atom is -0.298 e. The Morgan fingerprint density at radius 2 is 1.81 bits per heavy atom. The van der Waals surface area contributed by atoms with Gasteiger partial charge < -0.3 is 0 Å². The lowest BCUT2D eigenvalue weighted by molar-refractivity contribution is 0.464. The zero-order valence-corrected chi connectivity index (χ0v) is 11.0. The second-order valence-corrected chi connectivity index (χ2v) is 4.86. The zero-order valence-electron chi connectivity index (χ0n) is 9.96. The van der Waals surface area contributed by atoms with Crippen LogP contribution in [0, 0.1) is 30.2 Å². The summed E-state index contributed by atoms with van der Waals surface area (Å²) in [7, 11) is 4.52. The van der Waals surface area contributed by atoms with E-state index in [-0.39, 0.29) is 0 Å². The Bertz CT molecular complexity index is 438. The second kappa shape index (κ2) is 6.90. The van der Waals surface area contributed by atoms with E-state index in [9.17, 15) is 0 Å². The molecule has 0 aliphatic rings. The number of benzene rings is 1. The Labute approximate surface area is 101 Å². The van der Waals surface area contributed by atoms with Crippen LogP contribution in [0.4, 0.5) is 0 Å². The van der Waals surface area contributed by atoms with Crippen LogP contribution in [0.1, 0.15) is 5.56 Å². The van der Waals surface area contributed by atoms with Gasteiger partial charge in [-0.1, -0.05) is 35.7 Å². The first kappa shape index (κ1) is 12.6. The summed E-state index contributed by atoms with van der Waals surface area (Å²) >= 11 is 0. The van der Waals surface area contributed by atoms with Gasteiger partial charge in [-0.05, 0) is 38.0 Å². The van der Waals surface area contributed by atoms with Gasteiger partial charge in [0.1, 0.15) is 0 Å². The Balaban J connectivity index is 2.42. The number of hydrogen-bond donors (Lipinski definition) is 0. The molecule has 0 saturated carbocycles. The molecule has 0 N–H and O–H groups in total. The first-order chi connectivity index (χ1) is 7.68. The van der Waals surface area contributed by atoms with Gasteiger partial charge in [0.05, 0.1) is 6.54 Å². The summed E-state index contributed by atoms with van der Waals surface area (Å²) < 4.78 is 0. The van der Waals surface area contributed by atoms with Gasteiger partial charge in [-0.2, -0.15) is 0 Å². The predicted octanol–water partition coefficient (Wildman–Crippen LogP) is 0.850. The molecule has 0 bridgehead atoms. The lowest BCUT2D eigenvalue weighted by Gasteiger charge is -1.99. The number of hydrogen-bond acceptors (Lipinski definition) is 1. The van der Waals surface area contributed by atoms with Gasteiger partial charge in [0, 0.05) is 0 Å². The molecule has 1 rings (SSSR count). The van der Waals surface area contributed by atoms with Gasteiger partial charge in [-0.15, -0.1) is 5.54 Å². The molecular weight excluding hydrogens is 210 g/mol. The molecule has 1 aromatic rings. The average molecular weight is 225 g/mol. The Kier molecular flexibility index (Phi) is 5.43. The Morgan fingerprint density at radius 1 is 1.12 bits per heavy atom. The molecule has 2 heteroatoms. The van der Waals surface area contributed by atoms with Crippen molar-refractivity contribution < 1.29 is 0 Å². The largest absolute Gasteiger partial charge is 0.298 e. The number of nitrogens with zero attached hydrogens (tertiary/aromatic N) is 1. The highest BCUT2D eigenvalue weighted by molar-refractivity contribution is 6.61. The van der Waals surface area contributed by atoms with Crippen LogP contribution in [0.2, 0.25) is 0 Å². The van der Waals surface area contributed by atoms with Crippen molar-refractivity contribution >= 4 is 14.7 Å². The van der Waals surface area contributed by atoms with Crippen LogP contribution in [0.5, 0.6) is 0 Å². The molecule has 0 saturated heterocycles. The summed E-state index contributed by atoms with van der Waals surface area (Å²) in [5.41, 5.74) is 4.37. The van der Waals surface area contributed by atoms with Gasteiger partial charge in [-0.3, -0.25) is 4.90 Å². The fourth-order valence-corrected chi connectivity index (χ4v) is 1.62. The van der Waals surface area contributed by atoms with E-state index in [4.69, 9.17) is 0 Å². The van der Waals surface area contributed by atoms with Crippen molar-refractivity contribution in [2.24, 2.45) is 0 Å². The van der Waals surface area contributed by atoms with E-state index in [0.717, 1.165) is 6.54 Å². The molecule has 1 aromatic carbocycles. The van der Waals surface area contributed by atoms with Crippen LogP contribution in [0.3, 0.4) is 0 Å². The topological polar surface area (TPSA) is 3.24 Å². The third kappa shape index (κ3) is 5.41.